The van der Waals surface area contributed by atoms with E-state index in [-0.39, 0.29) is 12.5 Å². The lowest BCUT2D eigenvalue weighted by Gasteiger charge is -2.11. The lowest BCUT2D eigenvalue weighted by Crippen LogP contribution is -2.25. The van der Waals surface area contributed by atoms with Crippen molar-refractivity contribution in [3.8, 4) is 5.75 Å². The van der Waals surface area contributed by atoms with Crippen molar-refractivity contribution in [3.63, 3.8) is 0 Å². The summed E-state index contributed by atoms with van der Waals surface area (Å²) in [5, 5.41) is 6.49. The average Bonchev–Trinajstić information content (AvgIpc) is 2.64. The third-order valence-electron chi connectivity index (χ3n) is 4.06. The van der Waals surface area contributed by atoms with Crippen LogP contribution in [0.25, 0.3) is 10.8 Å². The van der Waals surface area contributed by atoms with Crippen molar-refractivity contribution in [2.75, 3.05) is 6.61 Å². The first-order chi connectivity index (χ1) is 12.9. The zero-order chi connectivity index (χ0) is 19.4. The van der Waals surface area contributed by atoms with Gasteiger partial charge in [0.05, 0.1) is 10.2 Å². The molecule has 3 aromatic carbocycles. The van der Waals surface area contributed by atoms with E-state index in [1.807, 2.05) is 50.2 Å². The fourth-order valence-corrected chi connectivity index (χ4v) is 4.22. The molecule has 0 unspecified atom stereocenters. The number of hydrogen-bond donors (Lipinski definition) is 1. The van der Waals surface area contributed by atoms with Gasteiger partial charge in [-0.05, 0) is 69.9 Å². The minimum Gasteiger partial charge on any atom is -0.482 e. The van der Waals surface area contributed by atoms with Crippen LogP contribution in [0.15, 0.2) is 68.6 Å². The first-order valence-corrected chi connectivity index (χ1v) is 9.93. The number of rotatable bonds is 5. The Balaban J connectivity index is 1.63. The quantitative estimate of drug-likeness (QED) is 0.375. The Hall–Kier alpha value is -2.18. The van der Waals surface area contributed by atoms with Gasteiger partial charge < -0.3 is 4.74 Å². The summed E-state index contributed by atoms with van der Waals surface area (Å²) in [5.74, 6) is 0.327. The Morgan fingerprint density at radius 2 is 1.81 bits per heavy atom. The van der Waals surface area contributed by atoms with Crippen LogP contribution in [-0.4, -0.2) is 18.2 Å². The van der Waals surface area contributed by atoms with Gasteiger partial charge >= 0.3 is 0 Å². The van der Waals surface area contributed by atoms with Crippen molar-refractivity contribution in [3.05, 3.63) is 74.7 Å². The molecule has 0 saturated heterocycles. The second-order valence-electron chi connectivity index (χ2n) is 6.12. The van der Waals surface area contributed by atoms with E-state index in [4.69, 9.17) is 4.74 Å². The minimum absolute atomic E-state index is 0.116. The summed E-state index contributed by atoms with van der Waals surface area (Å²) in [6.07, 6.45) is 0. The topological polar surface area (TPSA) is 50.7 Å². The van der Waals surface area contributed by atoms with E-state index < -0.39 is 0 Å². The zero-order valence-corrected chi connectivity index (χ0v) is 18.1. The SMILES string of the molecule is C/C(=N\NC(=O)COc1c(C)cc(Br)cc1Br)c1ccc2ccccc2c1. The Bertz CT molecular complexity index is 1010. The molecule has 138 valence electrons. The molecule has 0 atom stereocenters. The number of fused-ring (bicyclic) bond motifs is 1. The summed E-state index contributed by atoms with van der Waals surface area (Å²) in [7, 11) is 0. The van der Waals surface area contributed by atoms with Gasteiger partial charge in [0.1, 0.15) is 5.75 Å². The Morgan fingerprint density at radius 3 is 2.56 bits per heavy atom. The van der Waals surface area contributed by atoms with E-state index in [2.05, 4.69) is 60.6 Å². The van der Waals surface area contributed by atoms with E-state index in [9.17, 15) is 4.79 Å². The predicted molar refractivity (Wildman–Crippen MR) is 116 cm³/mol. The number of benzene rings is 3. The first-order valence-electron chi connectivity index (χ1n) is 8.35. The normalized spacial score (nSPS) is 11.5. The van der Waals surface area contributed by atoms with Gasteiger partial charge in [0.25, 0.3) is 5.91 Å². The van der Waals surface area contributed by atoms with Gasteiger partial charge in [-0.25, -0.2) is 5.43 Å². The molecule has 0 fully saturated rings. The summed E-state index contributed by atoms with van der Waals surface area (Å²) in [6.45, 7) is 3.67. The maximum atomic E-state index is 12.1. The van der Waals surface area contributed by atoms with E-state index in [0.717, 1.165) is 31.2 Å². The highest BCUT2D eigenvalue weighted by Gasteiger charge is 2.09. The number of aryl methyl sites for hydroxylation is 1. The van der Waals surface area contributed by atoms with Crippen LogP contribution in [0.2, 0.25) is 0 Å². The maximum absolute atomic E-state index is 12.1. The standard InChI is InChI=1S/C21H18Br2N2O2/c1-13-9-18(22)11-19(23)21(13)27-12-20(26)25-24-14(2)16-8-7-15-5-3-4-6-17(15)10-16/h3-11H,12H2,1-2H3,(H,25,26)/b24-14+. The van der Waals surface area contributed by atoms with Gasteiger partial charge in [0, 0.05) is 4.47 Å². The van der Waals surface area contributed by atoms with Gasteiger partial charge in [-0.1, -0.05) is 52.3 Å². The third-order valence-corrected chi connectivity index (χ3v) is 5.10. The van der Waals surface area contributed by atoms with E-state index in [1.54, 1.807) is 0 Å². The number of hydrazone groups is 1. The van der Waals surface area contributed by atoms with Crippen molar-refractivity contribution >= 4 is 54.3 Å². The summed E-state index contributed by atoms with van der Waals surface area (Å²) in [5.41, 5.74) is 5.17. The van der Waals surface area contributed by atoms with E-state index in [0.29, 0.717) is 5.75 Å². The molecule has 1 amide bonds. The summed E-state index contributed by atoms with van der Waals surface area (Å²) < 4.78 is 7.36. The lowest BCUT2D eigenvalue weighted by molar-refractivity contribution is -0.123. The summed E-state index contributed by atoms with van der Waals surface area (Å²) in [6, 6.07) is 18.0. The van der Waals surface area contributed by atoms with Crippen molar-refractivity contribution in [1.29, 1.82) is 0 Å². The molecular weight excluding hydrogens is 472 g/mol. The molecule has 1 N–H and O–H groups in total. The molecule has 6 heteroatoms. The molecule has 0 bridgehead atoms. The molecule has 27 heavy (non-hydrogen) atoms. The van der Waals surface area contributed by atoms with Crippen LogP contribution in [0.1, 0.15) is 18.1 Å². The van der Waals surface area contributed by atoms with Crippen LogP contribution < -0.4 is 10.2 Å². The summed E-state index contributed by atoms with van der Waals surface area (Å²) >= 11 is 6.87. The van der Waals surface area contributed by atoms with Crippen LogP contribution in [0.3, 0.4) is 0 Å². The molecule has 0 saturated carbocycles. The molecule has 0 aliphatic carbocycles. The minimum atomic E-state index is -0.315. The smallest absolute Gasteiger partial charge is 0.277 e. The maximum Gasteiger partial charge on any atom is 0.277 e. The molecule has 0 spiro atoms. The molecule has 4 nitrogen and oxygen atoms in total. The van der Waals surface area contributed by atoms with Crippen molar-refractivity contribution in [2.45, 2.75) is 13.8 Å². The predicted octanol–water partition coefficient (Wildman–Crippen LogP) is 5.59. The second-order valence-corrected chi connectivity index (χ2v) is 7.89. The van der Waals surface area contributed by atoms with Crippen molar-refractivity contribution in [1.82, 2.24) is 5.43 Å². The molecule has 0 aliphatic rings. The lowest BCUT2D eigenvalue weighted by atomic mass is 10.0. The Labute approximate surface area is 174 Å². The monoisotopic (exact) mass is 488 g/mol. The molecule has 0 radical (unpaired) electrons. The van der Waals surface area contributed by atoms with Crippen LogP contribution in [-0.2, 0) is 4.79 Å². The zero-order valence-electron chi connectivity index (χ0n) is 14.9. The average molecular weight is 490 g/mol. The van der Waals surface area contributed by atoms with Crippen LogP contribution in [0.5, 0.6) is 5.75 Å². The number of amides is 1. The fraction of sp³-hybridized carbons (Fsp3) is 0.143. The molecule has 3 rings (SSSR count). The highest BCUT2D eigenvalue weighted by molar-refractivity contribution is 9.11. The molecule has 0 aliphatic heterocycles. The van der Waals surface area contributed by atoms with Gasteiger partial charge in [0.2, 0.25) is 0 Å². The van der Waals surface area contributed by atoms with Crippen LogP contribution >= 0.6 is 31.9 Å². The van der Waals surface area contributed by atoms with Gasteiger partial charge in [-0.3, -0.25) is 4.79 Å². The summed E-state index contributed by atoms with van der Waals surface area (Å²) in [4.78, 5) is 12.1. The van der Waals surface area contributed by atoms with Crippen LogP contribution in [0.4, 0.5) is 0 Å². The van der Waals surface area contributed by atoms with Crippen LogP contribution in [0, 0.1) is 6.92 Å². The number of halogens is 2. The van der Waals surface area contributed by atoms with E-state index in [1.165, 1.54) is 5.39 Å². The molecule has 0 aromatic heterocycles. The molecular formula is C21H18Br2N2O2. The fourth-order valence-electron chi connectivity index (χ4n) is 2.67. The number of nitrogens with one attached hydrogen (secondary N) is 1. The highest BCUT2D eigenvalue weighted by atomic mass is 79.9. The molecule has 0 heterocycles. The second kappa shape index (κ2) is 8.67. The number of ether oxygens (including phenoxy) is 1. The van der Waals surface area contributed by atoms with Crippen molar-refractivity contribution in [2.24, 2.45) is 5.10 Å². The Morgan fingerprint density at radius 1 is 1.07 bits per heavy atom. The third kappa shape index (κ3) is 4.96. The Kier molecular flexibility index (Phi) is 6.29. The number of nitrogens with zero attached hydrogens (tertiary/aromatic N) is 1. The first kappa shape index (κ1) is 19.6. The van der Waals surface area contributed by atoms with Gasteiger partial charge in [0.15, 0.2) is 6.61 Å². The van der Waals surface area contributed by atoms with Crippen molar-refractivity contribution < 1.29 is 9.53 Å². The van der Waals surface area contributed by atoms with E-state index >= 15 is 0 Å². The highest BCUT2D eigenvalue weighted by Crippen LogP contribution is 2.32. The van der Waals surface area contributed by atoms with Gasteiger partial charge in [-0.2, -0.15) is 5.10 Å². The van der Waals surface area contributed by atoms with Gasteiger partial charge in [-0.15, -0.1) is 0 Å². The largest absolute Gasteiger partial charge is 0.482 e. The molecule has 3 aromatic rings. The number of carbonyl (C=O) groups is 1. The number of hydrogen-bond acceptors (Lipinski definition) is 3. The number of carbonyl (C=O) groups excluding carboxylic acids is 1.